The molecule has 5 heteroatoms. The third-order valence-electron chi connectivity index (χ3n) is 15.5. The molecule has 12 rings (SSSR count). The average molecular weight is 1080 g/mol. The molecule has 0 atom stereocenters. The Morgan fingerprint density at radius 3 is 1.65 bits per heavy atom. The van der Waals surface area contributed by atoms with Crippen molar-refractivity contribution < 1.29 is 27.1 Å². The highest BCUT2D eigenvalue weighted by Gasteiger charge is 2.27. The van der Waals surface area contributed by atoms with Crippen LogP contribution in [0.25, 0.3) is 94.5 Å². The summed E-state index contributed by atoms with van der Waals surface area (Å²) in [7, 11) is 0. The van der Waals surface area contributed by atoms with Gasteiger partial charge in [0.1, 0.15) is 17.3 Å². The molecule has 0 fully saturated rings. The summed E-state index contributed by atoms with van der Waals surface area (Å²) in [6.07, 6.45) is 5.05. The van der Waals surface area contributed by atoms with E-state index in [1.165, 1.54) is 23.4 Å². The lowest BCUT2D eigenvalue weighted by molar-refractivity contribution is -0.571. The monoisotopic (exact) mass is 1080 g/mol. The maximum Gasteiger partial charge on any atom is 0.269 e. The molecule has 3 heterocycles. The fourth-order valence-corrected chi connectivity index (χ4v) is 10.8. The molecule has 408 valence electrons. The minimum absolute atomic E-state index is 0.0493. The second kappa shape index (κ2) is 20.3. The standard InChI is InChI=1S/C77H74N4O/c1-50-38-72(78-48-67(50)52-26-18-15-19-27-52)81-68-33-21-20-30-65(68)66-36-35-62(47-70(66)81)82-61-29-22-28-60(46-61)79-49-80(69-37-34-53(43-71(69)79)54-39-56(74(2,3)4)44-57(40-54)75(5,6)7)73-63(51-24-16-14-17-25-51)31-23-32-64(73)55-41-58(76(8,9)10)45-59(42-55)77(11,12)13/h14-48H,1-13H3/i1D3,14D,15D,16D,17D,18D,19D,24D,25D,26D,27D. The van der Waals surface area contributed by atoms with Gasteiger partial charge in [0.2, 0.25) is 0 Å². The summed E-state index contributed by atoms with van der Waals surface area (Å²) in [5.74, 6) is 1.10. The zero-order valence-corrected chi connectivity index (χ0v) is 48.6. The fourth-order valence-electron chi connectivity index (χ4n) is 10.8. The van der Waals surface area contributed by atoms with E-state index in [-0.39, 0.29) is 61.8 Å². The van der Waals surface area contributed by atoms with Crippen LogP contribution >= 0.6 is 0 Å². The molecule has 0 unspecified atom stereocenters. The molecule has 12 aromatic rings. The van der Waals surface area contributed by atoms with Crippen LogP contribution < -0.4 is 9.30 Å². The summed E-state index contributed by atoms with van der Waals surface area (Å²) < 4.78 is 127. The van der Waals surface area contributed by atoms with Gasteiger partial charge in [0.05, 0.1) is 47.1 Å². The van der Waals surface area contributed by atoms with Gasteiger partial charge in [-0.15, -0.1) is 0 Å². The molecule has 82 heavy (non-hydrogen) atoms. The van der Waals surface area contributed by atoms with Crippen LogP contribution in [-0.4, -0.2) is 14.1 Å². The van der Waals surface area contributed by atoms with Crippen LogP contribution in [0.2, 0.25) is 0 Å². The summed E-state index contributed by atoms with van der Waals surface area (Å²) in [5, 5.41) is 1.66. The molecule has 0 spiro atoms. The Morgan fingerprint density at radius 2 is 1.02 bits per heavy atom. The lowest BCUT2D eigenvalue weighted by atomic mass is 9.78. The van der Waals surface area contributed by atoms with Crippen molar-refractivity contribution in [2.45, 2.75) is 112 Å². The van der Waals surface area contributed by atoms with Crippen molar-refractivity contribution >= 4 is 32.8 Å². The predicted molar refractivity (Wildman–Crippen MR) is 344 cm³/mol. The highest BCUT2D eigenvalue weighted by atomic mass is 16.5. The zero-order chi connectivity index (χ0) is 68.7. The van der Waals surface area contributed by atoms with E-state index >= 15 is 0 Å². The third kappa shape index (κ3) is 10.2. The lowest BCUT2D eigenvalue weighted by Crippen LogP contribution is -2.31. The van der Waals surface area contributed by atoms with Crippen molar-refractivity contribution in [1.29, 1.82) is 0 Å². The summed E-state index contributed by atoms with van der Waals surface area (Å²) in [4.78, 5) is 4.78. The van der Waals surface area contributed by atoms with Crippen LogP contribution in [0, 0.1) is 13.2 Å². The number of ether oxygens (including phenoxy) is 1. The largest absolute Gasteiger partial charge is 0.458 e. The number of aryl methyl sites for hydroxylation is 1. The Morgan fingerprint density at radius 1 is 0.463 bits per heavy atom. The van der Waals surface area contributed by atoms with Gasteiger partial charge in [-0.3, -0.25) is 13.7 Å². The summed E-state index contributed by atoms with van der Waals surface area (Å²) in [6, 6.07) is 42.9. The van der Waals surface area contributed by atoms with Crippen LogP contribution in [0.1, 0.15) is 129 Å². The van der Waals surface area contributed by atoms with E-state index in [9.17, 15) is 2.74 Å². The Hall–Kier alpha value is -8.80. The maximum absolute atomic E-state index is 9.47. The minimum atomic E-state index is -2.80. The number of benzene rings is 9. The third-order valence-corrected chi connectivity index (χ3v) is 15.5. The van der Waals surface area contributed by atoms with Gasteiger partial charge < -0.3 is 4.74 Å². The first kappa shape index (κ1) is 40.4. The van der Waals surface area contributed by atoms with Crippen molar-refractivity contribution in [3.8, 4) is 73.2 Å². The van der Waals surface area contributed by atoms with E-state index in [4.69, 9.17) is 24.8 Å². The molecule has 0 saturated carbocycles. The molecule has 0 aliphatic rings. The minimum Gasteiger partial charge on any atom is -0.458 e. The van der Waals surface area contributed by atoms with Gasteiger partial charge in [-0.05, 0) is 144 Å². The second-order valence-electron chi connectivity index (χ2n) is 25.5. The molecule has 0 N–H and O–H groups in total. The van der Waals surface area contributed by atoms with Gasteiger partial charge in [0.25, 0.3) is 6.33 Å². The maximum atomic E-state index is 9.47. The molecule has 9 aromatic carbocycles. The van der Waals surface area contributed by atoms with Crippen LogP contribution in [-0.2, 0) is 21.7 Å². The number of nitrogens with zero attached hydrogens (tertiary/aromatic N) is 4. The summed E-state index contributed by atoms with van der Waals surface area (Å²) in [6.45, 7) is 23.6. The average Bonchev–Trinajstić information content (AvgIpc) is 1.68. The van der Waals surface area contributed by atoms with E-state index < -0.39 is 55.2 Å². The number of para-hydroxylation sites is 2. The molecule has 0 amide bonds. The van der Waals surface area contributed by atoms with E-state index in [0.717, 1.165) is 49.7 Å². The molecule has 5 nitrogen and oxygen atoms in total. The molecule has 0 saturated heterocycles. The Kier molecular flexibility index (Phi) is 10.0. The molecule has 0 bridgehead atoms. The number of aromatic nitrogens is 4. The predicted octanol–water partition coefficient (Wildman–Crippen LogP) is 20.2. The van der Waals surface area contributed by atoms with Crippen LogP contribution in [0.15, 0.2) is 212 Å². The van der Waals surface area contributed by atoms with E-state index in [1.54, 1.807) is 0 Å². The highest BCUT2D eigenvalue weighted by Crippen LogP contribution is 2.42. The molecular formula is C77H74N4O. The molecule has 3 aromatic heterocycles. The van der Waals surface area contributed by atoms with Gasteiger partial charge in [-0.25, -0.2) is 4.98 Å². The Balaban J connectivity index is 1.08. The number of imidazole rings is 1. The lowest BCUT2D eigenvalue weighted by Gasteiger charge is -2.27. The molecular weight excluding hydrogens is 997 g/mol. The van der Waals surface area contributed by atoms with Gasteiger partial charge in [0, 0.05) is 32.7 Å². The van der Waals surface area contributed by atoms with E-state index in [0.29, 0.717) is 45.0 Å². The summed E-state index contributed by atoms with van der Waals surface area (Å²) >= 11 is 0. The summed E-state index contributed by atoms with van der Waals surface area (Å²) in [5.41, 5.74) is 11.1. The fraction of sp³-hybridized carbons (Fsp3) is 0.221. The van der Waals surface area contributed by atoms with Crippen molar-refractivity contribution in [3.63, 3.8) is 0 Å². The van der Waals surface area contributed by atoms with Crippen molar-refractivity contribution in [3.05, 3.63) is 246 Å². The first-order chi connectivity index (χ1) is 44.4. The topological polar surface area (TPSA) is 35.9 Å². The van der Waals surface area contributed by atoms with Crippen LogP contribution in [0.5, 0.6) is 11.5 Å². The molecule has 0 aliphatic carbocycles. The first-order valence-corrected chi connectivity index (χ1v) is 27.9. The smallest absolute Gasteiger partial charge is 0.269 e. The van der Waals surface area contributed by atoms with Gasteiger partial charge >= 0.3 is 0 Å². The SMILES string of the molecule is [2H]c1c([2H])c([2H])c(-c2cnc(-n3c4ccccc4c4ccc(Oc5cccc(-n6[c-][n+](-c7c(-c8cc(C(C)(C)C)cc(C(C)(C)C)c8)cccc7-c7c([2H])c([2H])c([2H])c([2H])c7[2H])c7ccc(-c8cc(C(C)(C)C)cc(C(C)(C)C)c8)cc76)c5)cc43)cc2C([2H])([2H])[2H])c([2H])c1[2H]. The van der Waals surface area contributed by atoms with Crippen molar-refractivity contribution in [2.75, 3.05) is 0 Å². The number of fused-ring (bicyclic) bond motifs is 4. The van der Waals surface area contributed by atoms with Crippen LogP contribution in [0.3, 0.4) is 0 Å². The van der Waals surface area contributed by atoms with Crippen molar-refractivity contribution in [1.82, 2.24) is 14.1 Å². The number of pyridine rings is 1. The van der Waals surface area contributed by atoms with E-state index in [2.05, 4.69) is 144 Å². The van der Waals surface area contributed by atoms with Gasteiger partial charge in [-0.2, -0.15) is 0 Å². The number of hydrogen-bond acceptors (Lipinski definition) is 2. The molecule has 0 aliphatic heterocycles. The second-order valence-corrected chi connectivity index (χ2v) is 25.5. The van der Waals surface area contributed by atoms with Crippen LogP contribution in [0.4, 0.5) is 0 Å². The number of rotatable bonds is 9. The quantitative estimate of drug-likeness (QED) is 0.107. The zero-order valence-electron chi connectivity index (χ0n) is 61.6. The van der Waals surface area contributed by atoms with E-state index in [1.807, 2.05) is 98.6 Å². The molecule has 0 radical (unpaired) electrons. The first-order valence-electron chi connectivity index (χ1n) is 34.4. The Labute approximate surface area is 503 Å². The normalized spacial score (nSPS) is 14.9. The highest BCUT2D eigenvalue weighted by molar-refractivity contribution is 6.09. The number of hydrogen-bond donors (Lipinski definition) is 0. The van der Waals surface area contributed by atoms with Gasteiger partial charge in [0.15, 0.2) is 0 Å². The van der Waals surface area contributed by atoms with Crippen molar-refractivity contribution in [2.24, 2.45) is 0 Å². The van der Waals surface area contributed by atoms with Gasteiger partial charge in [-0.1, -0.05) is 235 Å². The Bertz CT molecular complexity index is 5020.